The molecule has 0 spiro atoms. The number of amides is 1. The summed E-state index contributed by atoms with van der Waals surface area (Å²) >= 11 is 11.9. The van der Waals surface area contributed by atoms with Gasteiger partial charge >= 0.3 is 0 Å². The molecule has 2 aromatic carbocycles. The van der Waals surface area contributed by atoms with Crippen LogP contribution in [0.5, 0.6) is 0 Å². The predicted octanol–water partition coefficient (Wildman–Crippen LogP) is 4.15. The molecule has 0 saturated heterocycles. The number of sulfonamides is 1. The van der Waals surface area contributed by atoms with Gasteiger partial charge in [-0.05, 0) is 48.7 Å². The lowest BCUT2D eigenvalue weighted by Gasteiger charge is -2.10. The number of halogens is 2. The van der Waals surface area contributed by atoms with Gasteiger partial charge < -0.3 is 5.32 Å². The molecule has 0 unspecified atom stereocenters. The lowest BCUT2D eigenvalue weighted by molar-refractivity contribution is -0.116. The van der Waals surface area contributed by atoms with Crippen molar-refractivity contribution >= 4 is 45.2 Å². The first-order valence-corrected chi connectivity index (χ1v) is 11.0. The molecular weight excluding hydrogens is 419 g/mol. The van der Waals surface area contributed by atoms with Crippen molar-refractivity contribution in [3.63, 3.8) is 0 Å². The number of benzene rings is 2. The first-order valence-electron chi connectivity index (χ1n) is 8.63. The van der Waals surface area contributed by atoms with Crippen molar-refractivity contribution in [3.8, 4) is 0 Å². The van der Waals surface area contributed by atoms with Crippen molar-refractivity contribution < 1.29 is 13.2 Å². The summed E-state index contributed by atoms with van der Waals surface area (Å²) in [6, 6.07) is 12.0. The van der Waals surface area contributed by atoms with Crippen LogP contribution < -0.4 is 10.0 Å². The van der Waals surface area contributed by atoms with Gasteiger partial charge in [0.1, 0.15) is 0 Å². The van der Waals surface area contributed by atoms with E-state index in [-0.39, 0.29) is 17.7 Å². The van der Waals surface area contributed by atoms with E-state index in [1.165, 1.54) is 6.08 Å². The minimum absolute atomic E-state index is 0.0809. The highest BCUT2D eigenvalue weighted by molar-refractivity contribution is 7.88. The minimum Gasteiger partial charge on any atom is -0.348 e. The molecule has 0 heterocycles. The molecule has 0 atom stereocenters. The van der Waals surface area contributed by atoms with Crippen molar-refractivity contribution in [2.75, 3.05) is 0 Å². The zero-order chi connectivity index (χ0) is 20.7. The standard InChI is InChI=1S/C20H22Cl2N2O3S/c1-14(2)24-28(26,27)13-16-5-3-15(4-6-16)12-23-20(25)10-8-17-7-9-18(21)11-19(17)22/h3-11,14,24H,12-13H2,1-2H3,(H,23,25). The average molecular weight is 441 g/mol. The second kappa shape index (κ2) is 10.1. The molecule has 0 aliphatic carbocycles. The Morgan fingerprint density at radius 1 is 1.07 bits per heavy atom. The van der Waals surface area contributed by atoms with Crippen LogP contribution in [0.3, 0.4) is 0 Å². The fourth-order valence-corrected chi connectivity index (χ4v) is 4.33. The molecule has 0 aromatic heterocycles. The van der Waals surface area contributed by atoms with E-state index in [1.54, 1.807) is 62.4 Å². The molecule has 1 amide bonds. The zero-order valence-corrected chi connectivity index (χ0v) is 17.9. The fourth-order valence-electron chi connectivity index (χ4n) is 2.42. The van der Waals surface area contributed by atoms with E-state index in [4.69, 9.17) is 23.2 Å². The van der Waals surface area contributed by atoms with Crippen LogP contribution in [0, 0.1) is 0 Å². The Morgan fingerprint density at radius 2 is 1.71 bits per heavy atom. The number of nitrogens with one attached hydrogen (secondary N) is 2. The SMILES string of the molecule is CC(C)NS(=O)(=O)Cc1ccc(CNC(=O)C=Cc2ccc(Cl)cc2Cl)cc1. The molecule has 2 aromatic rings. The maximum Gasteiger partial charge on any atom is 0.244 e. The Hall–Kier alpha value is -1.86. The van der Waals surface area contributed by atoms with Gasteiger partial charge in [-0.1, -0.05) is 53.5 Å². The van der Waals surface area contributed by atoms with Gasteiger partial charge in [-0.25, -0.2) is 13.1 Å². The molecule has 150 valence electrons. The molecule has 2 N–H and O–H groups in total. The number of carbonyl (C=O) groups excluding carboxylic acids is 1. The number of hydrogen-bond donors (Lipinski definition) is 2. The molecule has 0 bridgehead atoms. The summed E-state index contributed by atoms with van der Waals surface area (Å²) in [6.07, 6.45) is 3.01. The van der Waals surface area contributed by atoms with Crippen LogP contribution >= 0.6 is 23.2 Å². The molecule has 5 nitrogen and oxygen atoms in total. The Balaban J connectivity index is 1.89. The molecule has 2 rings (SSSR count). The smallest absolute Gasteiger partial charge is 0.244 e. The van der Waals surface area contributed by atoms with E-state index >= 15 is 0 Å². The summed E-state index contributed by atoms with van der Waals surface area (Å²) < 4.78 is 26.4. The fraction of sp³-hybridized carbons (Fsp3) is 0.250. The third-order valence-electron chi connectivity index (χ3n) is 3.64. The number of rotatable bonds is 8. The Morgan fingerprint density at radius 3 is 2.32 bits per heavy atom. The van der Waals surface area contributed by atoms with Gasteiger partial charge in [-0.3, -0.25) is 4.79 Å². The van der Waals surface area contributed by atoms with E-state index in [0.717, 1.165) is 5.56 Å². The summed E-state index contributed by atoms with van der Waals surface area (Å²) in [5, 5.41) is 3.77. The van der Waals surface area contributed by atoms with E-state index in [0.29, 0.717) is 27.7 Å². The van der Waals surface area contributed by atoms with Crippen LogP contribution in [0.1, 0.15) is 30.5 Å². The molecule has 0 aliphatic heterocycles. The Kier molecular flexibility index (Phi) is 8.07. The van der Waals surface area contributed by atoms with Gasteiger partial charge in [0.25, 0.3) is 0 Å². The predicted molar refractivity (Wildman–Crippen MR) is 115 cm³/mol. The highest BCUT2D eigenvalue weighted by Gasteiger charge is 2.12. The van der Waals surface area contributed by atoms with Crippen molar-refractivity contribution in [1.29, 1.82) is 0 Å². The van der Waals surface area contributed by atoms with E-state index in [2.05, 4.69) is 10.0 Å². The van der Waals surface area contributed by atoms with Crippen LogP contribution in [-0.4, -0.2) is 20.4 Å². The second-order valence-corrected chi connectivity index (χ2v) is 9.16. The maximum absolute atomic E-state index is 12.0. The van der Waals surface area contributed by atoms with Crippen molar-refractivity contribution in [1.82, 2.24) is 10.0 Å². The summed E-state index contributed by atoms with van der Waals surface area (Å²) in [5.41, 5.74) is 2.24. The van der Waals surface area contributed by atoms with Crippen LogP contribution in [0.25, 0.3) is 6.08 Å². The quantitative estimate of drug-likeness (QED) is 0.605. The molecule has 8 heteroatoms. The highest BCUT2D eigenvalue weighted by atomic mass is 35.5. The lowest BCUT2D eigenvalue weighted by atomic mass is 10.1. The molecule has 28 heavy (non-hydrogen) atoms. The lowest BCUT2D eigenvalue weighted by Crippen LogP contribution is -2.31. The van der Waals surface area contributed by atoms with E-state index < -0.39 is 10.0 Å². The van der Waals surface area contributed by atoms with Gasteiger partial charge in [0.15, 0.2) is 0 Å². The Labute approximate surface area is 175 Å². The van der Waals surface area contributed by atoms with Crippen molar-refractivity contribution in [2.45, 2.75) is 32.2 Å². The Bertz CT molecular complexity index is 956. The van der Waals surface area contributed by atoms with Crippen LogP contribution in [0.4, 0.5) is 0 Å². The van der Waals surface area contributed by atoms with Crippen LogP contribution in [-0.2, 0) is 27.1 Å². The molecule has 0 saturated carbocycles. The van der Waals surface area contributed by atoms with Crippen molar-refractivity contribution in [2.24, 2.45) is 0 Å². The monoisotopic (exact) mass is 440 g/mol. The first-order chi connectivity index (χ1) is 13.1. The summed E-state index contributed by atoms with van der Waals surface area (Å²) in [5.74, 6) is -0.346. The normalized spacial score (nSPS) is 11.9. The molecule has 0 radical (unpaired) electrons. The van der Waals surface area contributed by atoms with E-state index in [1.807, 2.05) is 0 Å². The van der Waals surface area contributed by atoms with Gasteiger partial charge in [0.05, 0.1) is 5.75 Å². The third kappa shape index (κ3) is 7.64. The summed E-state index contributed by atoms with van der Waals surface area (Å²) in [7, 11) is -3.36. The number of hydrogen-bond acceptors (Lipinski definition) is 3. The minimum atomic E-state index is -3.36. The van der Waals surface area contributed by atoms with Crippen molar-refractivity contribution in [3.05, 3.63) is 75.3 Å². The molecule has 0 aliphatic rings. The average Bonchev–Trinajstić information content (AvgIpc) is 2.59. The van der Waals surface area contributed by atoms with Crippen LogP contribution in [0.2, 0.25) is 10.0 Å². The van der Waals surface area contributed by atoms with Crippen LogP contribution in [0.15, 0.2) is 48.5 Å². The highest BCUT2D eigenvalue weighted by Crippen LogP contribution is 2.21. The van der Waals surface area contributed by atoms with Gasteiger partial charge in [-0.2, -0.15) is 0 Å². The van der Waals surface area contributed by atoms with E-state index in [9.17, 15) is 13.2 Å². The largest absolute Gasteiger partial charge is 0.348 e. The maximum atomic E-state index is 12.0. The summed E-state index contributed by atoms with van der Waals surface area (Å²) in [6.45, 7) is 3.88. The van der Waals surface area contributed by atoms with Gasteiger partial charge in [-0.15, -0.1) is 0 Å². The van der Waals surface area contributed by atoms with Gasteiger partial charge in [0.2, 0.25) is 15.9 Å². The third-order valence-corrected chi connectivity index (χ3v) is 5.74. The topological polar surface area (TPSA) is 75.3 Å². The molecule has 0 fully saturated rings. The molecular formula is C20H22Cl2N2O3S. The van der Waals surface area contributed by atoms with Gasteiger partial charge in [0, 0.05) is 28.7 Å². The first kappa shape index (κ1) is 22.4. The zero-order valence-electron chi connectivity index (χ0n) is 15.6. The summed E-state index contributed by atoms with van der Waals surface area (Å²) in [4.78, 5) is 12.0. The number of carbonyl (C=O) groups is 1. The second-order valence-electron chi connectivity index (χ2n) is 6.57.